The van der Waals surface area contributed by atoms with Crippen LogP contribution in [0, 0.1) is 17.0 Å². The normalized spacial score (nSPS) is 19.9. The maximum absolute atomic E-state index is 15.7. The van der Waals surface area contributed by atoms with Gasteiger partial charge < -0.3 is 36.4 Å². The van der Waals surface area contributed by atoms with Crippen molar-refractivity contribution in [3.05, 3.63) is 101 Å². The maximum Gasteiger partial charge on any atom is 0.264 e. The Morgan fingerprint density at radius 2 is 1.59 bits per heavy atom. The van der Waals surface area contributed by atoms with Gasteiger partial charge >= 0.3 is 0 Å². The van der Waals surface area contributed by atoms with E-state index in [1.165, 1.54) is 18.5 Å². The van der Waals surface area contributed by atoms with Crippen LogP contribution in [0.1, 0.15) is 130 Å². The third kappa shape index (κ3) is 13.3. The number of aromatic nitrogens is 2. The Labute approximate surface area is 427 Å². The summed E-state index contributed by atoms with van der Waals surface area (Å²) in [6, 6.07) is 8.60. The van der Waals surface area contributed by atoms with Gasteiger partial charge in [0.05, 0.1) is 35.4 Å². The number of hydrogen-bond acceptors (Lipinski definition) is 13. The van der Waals surface area contributed by atoms with E-state index < -0.39 is 46.8 Å². The van der Waals surface area contributed by atoms with Crippen molar-refractivity contribution in [2.75, 3.05) is 79.3 Å². The number of imide groups is 2. The fourth-order valence-corrected chi connectivity index (χ4v) is 10.6. The Hall–Kier alpha value is -6.63. The van der Waals surface area contributed by atoms with Crippen molar-refractivity contribution in [3.63, 3.8) is 0 Å². The number of halogens is 2. The SMILES string of the molecule is C=CN/C(=C\[N-]CCCCCCCCCCNc1cccc2c1C(=O)N(C1CCC(=O)NC1=O)C2=O)CNc1cc(N2CCC3(CC2)CN(c2cc(F)c(CN4CCC(C)(C)CC4)cc2F)CC(=O)N3)ncn1. The first-order valence-electron chi connectivity index (χ1n) is 26.1. The number of anilines is 4. The van der Waals surface area contributed by atoms with E-state index in [-0.39, 0.29) is 47.5 Å². The molecule has 1 aromatic heterocycles. The van der Waals surface area contributed by atoms with Gasteiger partial charge in [-0.2, -0.15) is 6.20 Å². The Balaban J connectivity index is 0.702. The predicted octanol–water partition coefficient (Wildman–Crippen LogP) is 7.35. The molecule has 0 saturated carbocycles. The second-order valence-corrected chi connectivity index (χ2v) is 21.0. The van der Waals surface area contributed by atoms with Crippen molar-refractivity contribution >= 4 is 52.5 Å². The van der Waals surface area contributed by atoms with E-state index in [1.54, 1.807) is 29.3 Å². The molecule has 19 heteroatoms. The largest absolute Gasteiger partial charge is 0.689 e. The average molecular weight is 1010 g/mol. The van der Waals surface area contributed by atoms with E-state index in [1.807, 2.05) is 12.3 Å². The average Bonchev–Trinajstić information content (AvgIpc) is 3.62. The van der Waals surface area contributed by atoms with E-state index >= 15 is 8.78 Å². The van der Waals surface area contributed by atoms with Crippen molar-refractivity contribution in [3.8, 4) is 0 Å². The number of hydrogen-bond donors (Lipinski definition) is 5. The monoisotopic (exact) mass is 1010 g/mol. The Morgan fingerprint density at radius 1 is 0.849 bits per heavy atom. The molecule has 0 aliphatic carbocycles. The fourth-order valence-electron chi connectivity index (χ4n) is 10.6. The second-order valence-electron chi connectivity index (χ2n) is 21.0. The van der Waals surface area contributed by atoms with Crippen molar-refractivity contribution in [1.82, 2.24) is 35.7 Å². The van der Waals surface area contributed by atoms with Crippen molar-refractivity contribution in [2.45, 2.75) is 122 Å². The molecule has 5 N–H and O–H groups in total. The summed E-state index contributed by atoms with van der Waals surface area (Å²) in [6.07, 6.45) is 16.9. The smallest absolute Gasteiger partial charge is 0.264 e. The lowest BCUT2D eigenvalue weighted by atomic mass is 9.82. The molecule has 2 aromatic carbocycles. The molecule has 0 radical (unpaired) electrons. The molecule has 5 aliphatic rings. The number of benzene rings is 2. The molecule has 73 heavy (non-hydrogen) atoms. The van der Waals surface area contributed by atoms with Gasteiger partial charge in [-0.05, 0) is 81.4 Å². The first kappa shape index (κ1) is 52.7. The van der Waals surface area contributed by atoms with Crippen LogP contribution in [0.15, 0.2) is 67.4 Å². The molecule has 8 rings (SSSR count). The van der Waals surface area contributed by atoms with E-state index in [0.29, 0.717) is 75.7 Å². The number of piperidine rings is 3. The molecule has 5 aliphatic heterocycles. The molecule has 1 atom stereocenters. The lowest BCUT2D eigenvalue weighted by Crippen LogP contribution is -2.66. The van der Waals surface area contributed by atoms with Crippen LogP contribution < -0.4 is 36.4 Å². The molecule has 3 aromatic rings. The summed E-state index contributed by atoms with van der Waals surface area (Å²) in [4.78, 5) is 79.6. The zero-order chi connectivity index (χ0) is 51.5. The molecule has 17 nitrogen and oxygen atoms in total. The van der Waals surface area contributed by atoms with E-state index in [4.69, 9.17) is 0 Å². The standard InChI is InChI=1S/C54H72F2N12O5/c1-4-58-38(31-57-22-11-9-7-5-6-8-10-12-23-59-42-15-13-14-39-49(42)52(73)68(51(39)72)43-16-17-47(69)63-50(43)71)32-60-45-30-46(62-36-61-45)66-26-20-54(21-27-66)35-67(34-48(70)64-54)44-29-40(55)37(28-41(44)56)33-65-24-18-53(2,3)19-25-65/h4,13-15,28-31,36,43H,1,5-12,16-27,32-35H2,2-3H3,(H6,57,58,59,60,61,62,63,64,69,70,71,72,73)/p-1. The first-order chi connectivity index (χ1) is 35.2. The number of nitrogens with one attached hydrogen (secondary N) is 5. The van der Waals surface area contributed by atoms with Crippen molar-refractivity contribution in [2.24, 2.45) is 5.41 Å². The Bertz CT molecular complexity index is 2540. The summed E-state index contributed by atoms with van der Waals surface area (Å²) in [6.45, 7) is 13.7. The number of fused-ring (bicyclic) bond motifs is 1. The molecule has 4 saturated heterocycles. The van der Waals surface area contributed by atoms with Crippen LogP contribution in [0.2, 0.25) is 0 Å². The van der Waals surface area contributed by atoms with Crippen molar-refractivity contribution in [1.29, 1.82) is 0 Å². The number of carbonyl (C=O) groups excluding carboxylic acids is 5. The topological polar surface area (TPSA) is 198 Å². The summed E-state index contributed by atoms with van der Waals surface area (Å²) in [7, 11) is 0. The van der Waals surface area contributed by atoms with Gasteiger partial charge in [-0.1, -0.05) is 71.4 Å². The molecule has 5 amide bonds. The second kappa shape index (κ2) is 23.9. The van der Waals surface area contributed by atoms with Crippen LogP contribution >= 0.6 is 0 Å². The summed E-state index contributed by atoms with van der Waals surface area (Å²) >= 11 is 0. The zero-order valence-corrected chi connectivity index (χ0v) is 42.4. The minimum absolute atomic E-state index is 0.0335. The quantitative estimate of drug-likeness (QED) is 0.0468. The lowest BCUT2D eigenvalue weighted by Gasteiger charge is -2.48. The van der Waals surface area contributed by atoms with Crippen LogP contribution in [0.25, 0.3) is 5.32 Å². The zero-order valence-electron chi connectivity index (χ0n) is 42.4. The summed E-state index contributed by atoms with van der Waals surface area (Å²) in [5, 5.41) is 19.9. The first-order valence-corrected chi connectivity index (χ1v) is 26.1. The van der Waals surface area contributed by atoms with Gasteiger partial charge in [0.25, 0.3) is 11.8 Å². The summed E-state index contributed by atoms with van der Waals surface area (Å²) in [5.41, 5.74) is 2.12. The Morgan fingerprint density at radius 3 is 2.33 bits per heavy atom. The highest BCUT2D eigenvalue weighted by Gasteiger charge is 2.46. The van der Waals surface area contributed by atoms with Gasteiger partial charge in [-0.3, -0.25) is 39.1 Å². The highest BCUT2D eigenvalue weighted by atomic mass is 19.1. The third-order valence-electron chi connectivity index (χ3n) is 15.0. The molecule has 0 bridgehead atoms. The van der Waals surface area contributed by atoms with Gasteiger partial charge in [0.15, 0.2) is 0 Å². The number of piperazine rings is 1. The minimum Gasteiger partial charge on any atom is -0.689 e. The Kier molecular flexibility index (Phi) is 17.3. The molecule has 1 spiro atoms. The van der Waals surface area contributed by atoms with E-state index in [2.05, 4.69) is 72.1 Å². The molecule has 1 unspecified atom stereocenters. The summed E-state index contributed by atoms with van der Waals surface area (Å²) in [5.74, 6) is -1.80. The lowest BCUT2D eigenvalue weighted by molar-refractivity contribution is -0.136. The molecule has 392 valence electrons. The highest BCUT2D eigenvalue weighted by Crippen LogP contribution is 2.36. The van der Waals surface area contributed by atoms with Crippen molar-refractivity contribution < 1.29 is 32.8 Å². The molecule has 6 heterocycles. The van der Waals surface area contributed by atoms with E-state index in [9.17, 15) is 24.0 Å². The van der Waals surface area contributed by atoms with Gasteiger partial charge in [0.2, 0.25) is 17.7 Å². The van der Waals surface area contributed by atoms with Crippen LogP contribution in [0.3, 0.4) is 0 Å². The predicted molar refractivity (Wildman–Crippen MR) is 278 cm³/mol. The number of carbonyl (C=O) groups is 5. The molecular weight excluding hydrogens is 935 g/mol. The van der Waals surface area contributed by atoms with Gasteiger partial charge in [0, 0.05) is 68.2 Å². The van der Waals surface area contributed by atoms with E-state index in [0.717, 1.165) is 93.7 Å². The number of nitrogens with zero attached hydrogens (tertiary/aromatic N) is 7. The summed E-state index contributed by atoms with van der Waals surface area (Å²) < 4.78 is 31.2. The molecule has 4 fully saturated rings. The number of amides is 5. The van der Waals surface area contributed by atoms with Crippen LogP contribution in [0.4, 0.5) is 31.8 Å². The molecular formula is C54H71F2N12O5-. The highest BCUT2D eigenvalue weighted by molar-refractivity contribution is 6.25. The third-order valence-corrected chi connectivity index (χ3v) is 15.0. The number of rotatable bonds is 23. The van der Waals surface area contributed by atoms with Gasteiger partial charge in [-0.15, -0.1) is 6.54 Å². The minimum atomic E-state index is -0.989. The van der Waals surface area contributed by atoms with Crippen LogP contribution in [-0.2, 0) is 20.9 Å². The fraction of sp³-hybridized carbons (Fsp3) is 0.537. The van der Waals surface area contributed by atoms with Crippen LogP contribution in [-0.4, -0.2) is 120 Å². The van der Waals surface area contributed by atoms with Crippen LogP contribution in [0.5, 0.6) is 0 Å². The number of likely N-dealkylation sites (tertiary alicyclic amines) is 1. The van der Waals surface area contributed by atoms with Gasteiger partial charge in [0.1, 0.15) is 35.6 Å². The number of unbranched alkanes of at least 4 members (excludes halogenated alkanes) is 7. The maximum atomic E-state index is 15.7. The van der Waals surface area contributed by atoms with Gasteiger partial charge in [-0.25, -0.2) is 18.7 Å².